The monoisotopic (exact) mass is 330 g/mol. The quantitative estimate of drug-likeness (QED) is 0.818. The molecule has 0 radical (unpaired) electrons. The van der Waals surface area contributed by atoms with Gasteiger partial charge in [0.2, 0.25) is 0 Å². The molecule has 2 aromatic carbocycles. The lowest BCUT2D eigenvalue weighted by Gasteiger charge is -2.18. The maximum Gasteiger partial charge on any atom is 0.255 e. The van der Waals surface area contributed by atoms with Crippen molar-refractivity contribution in [2.45, 2.75) is 5.75 Å². The van der Waals surface area contributed by atoms with Gasteiger partial charge in [0.05, 0.1) is 6.61 Å². The molecule has 0 unspecified atom stereocenters. The third-order valence-electron chi connectivity index (χ3n) is 3.53. The van der Waals surface area contributed by atoms with E-state index in [-0.39, 0.29) is 12.5 Å². The summed E-state index contributed by atoms with van der Waals surface area (Å²) in [7, 11) is 1.92. The maximum absolute atomic E-state index is 12.2. The van der Waals surface area contributed by atoms with Crippen LogP contribution in [-0.2, 0) is 5.75 Å². The summed E-state index contributed by atoms with van der Waals surface area (Å²) in [4.78, 5) is 14.2. The fourth-order valence-corrected chi connectivity index (χ4v) is 2.73. The third kappa shape index (κ3) is 5.01. The number of aliphatic hydroxyl groups is 1. The Labute approximate surface area is 141 Å². The molecule has 0 aliphatic carbocycles. The molecule has 0 saturated carbocycles. The van der Waals surface area contributed by atoms with Crippen molar-refractivity contribution in [2.75, 3.05) is 36.7 Å². The fourth-order valence-electron chi connectivity index (χ4n) is 2.20. The summed E-state index contributed by atoms with van der Waals surface area (Å²) in [5, 5.41) is 11.8. The Morgan fingerprint density at radius 3 is 2.35 bits per heavy atom. The lowest BCUT2D eigenvalue weighted by atomic mass is 10.1. The molecular formula is C18H22N2O2S. The Hall–Kier alpha value is -1.98. The van der Waals surface area contributed by atoms with Gasteiger partial charge in [-0.05, 0) is 48.2 Å². The molecule has 0 aromatic heterocycles. The number of anilines is 2. The molecule has 122 valence electrons. The summed E-state index contributed by atoms with van der Waals surface area (Å²) in [6.07, 6.45) is 2.06. The number of nitrogens with zero attached hydrogens (tertiary/aromatic N) is 1. The molecule has 2 rings (SSSR count). The van der Waals surface area contributed by atoms with E-state index in [1.54, 1.807) is 11.8 Å². The third-order valence-corrected chi connectivity index (χ3v) is 4.15. The molecule has 0 aliphatic rings. The first-order valence-corrected chi connectivity index (χ1v) is 8.84. The van der Waals surface area contributed by atoms with Gasteiger partial charge >= 0.3 is 0 Å². The van der Waals surface area contributed by atoms with Gasteiger partial charge in [-0.15, -0.1) is 0 Å². The van der Waals surface area contributed by atoms with Crippen LogP contribution in [0.15, 0.2) is 48.5 Å². The number of nitrogens with one attached hydrogen (secondary N) is 1. The number of likely N-dealkylation sites (N-methyl/N-ethyl adjacent to an activating group) is 1. The van der Waals surface area contributed by atoms with E-state index >= 15 is 0 Å². The molecule has 0 bridgehead atoms. The van der Waals surface area contributed by atoms with Gasteiger partial charge in [0.1, 0.15) is 0 Å². The lowest BCUT2D eigenvalue weighted by Crippen LogP contribution is -2.21. The van der Waals surface area contributed by atoms with E-state index < -0.39 is 0 Å². The van der Waals surface area contributed by atoms with Crippen LogP contribution in [0.4, 0.5) is 11.4 Å². The summed E-state index contributed by atoms with van der Waals surface area (Å²) in [6, 6.07) is 15.2. The number of carbonyl (C=O) groups is 1. The van der Waals surface area contributed by atoms with Gasteiger partial charge in [0.15, 0.2) is 0 Å². The van der Waals surface area contributed by atoms with Gasteiger partial charge in [-0.25, -0.2) is 0 Å². The molecule has 23 heavy (non-hydrogen) atoms. The van der Waals surface area contributed by atoms with Gasteiger partial charge in [-0.2, -0.15) is 11.8 Å². The summed E-state index contributed by atoms with van der Waals surface area (Å²) in [5.41, 5.74) is 3.62. The zero-order valence-corrected chi connectivity index (χ0v) is 14.3. The van der Waals surface area contributed by atoms with E-state index in [1.165, 1.54) is 5.56 Å². The van der Waals surface area contributed by atoms with Crippen LogP contribution in [0.1, 0.15) is 15.9 Å². The Balaban J connectivity index is 1.99. The van der Waals surface area contributed by atoms with E-state index in [4.69, 9.17) is 5.11 Å². The van der Waals surface area contributed by atoms with Crippen molar-refractivity contribution in [3.8, 4) is 0 Å². The van der Waals surface area contributed by atoms with Crippen LogP contribution in [0.3, 0.4) is 0 Å². The Morgan fingerprint density at radius 2 is 1.78 bits per heavy atom. The number of aliphatic hydroxyl groups excluding tert-OH is 1. The van der Waals surface area contributed by atoms with Gasteiger partial charge in [0, 0.05) is 36.3 Å². The largest absolute Gasteiger partial charge is 0.395 e. The summed E-state index contributed by atoms with van der Waals surface area (Å²) in [6.45, 7) is 0.690. The molecule has 1 amide bonds. The first kappa shape index (κ1) is 17.4. The van der Waals surface area contributed by atoms with Crippen molar-refractivity contribution < 1.29 is 9.90 Å². The Bertz CT molecular complexity index is 626. The van der Waals surface area contributed by atoms with Crippen LogP contribution in [0.25, 0.3) is 0 Å². The predicted octanol–water partition coefficient (Wildman–Crippen LogP) is 3.23. The minimum atomic E-state index is -0.114. The first-order valence-electron chi connectivity index (χ1n) is 7.45. The van der Waals surface area contributed by atoms with E-state index in [0.717, 1.165) is 17.1 Å². The van der Waals surface area contributed by atoms with Gasteiger partial charge in [-0.1, -0.05) is 12.1 Å². The SMILES string of the molecule is CSCc1ccc(C(=O)Nc2ccc(N(C)CCO)cc2)cc1. The zero-order chi connectivity index (χ0) is 16.7. The molecule has 0 aliphatic heterocycles. The van der Waals surface area contributed by atoms with Crippen molar-refractivity contribution in [3.63, 3.8) is 0 Å². The Morgan fingerprint density at radius 1 is 1.13 bits per heavy atom. The van der Waals surface area contributed by atoms with Crippen LogP contribution in [0.5, 0.6) is 0 Å². The molecule has 0 saturated heterocycles. The minimum Gasteiger partial charge on any atom is -0.395 e. The van der Waals surface area contributed by atoms with E-state index in [0.29, 0.717) is 12.1 Å². The molecule has 0 spiro atoms. The van der Waals surface area contributed by atoms with Crippen LogP contribution in [-0.4, -0.2) is 37.5 Å². The minimum absolute atomic E-state index is 0.113. The molecule has 2 N–H and O–H groups in total. The van der Waals surface area contributed by atoms with Crippen molar-refractivity contribution in [3.05, 3.63) is 59.7 Å². The van der Waals surface area contributed by atoms with Crippen LogP contribution in [0.2, 0.25) is 0 Å². The van der Waals surface area contributed by atoms with E-state index in [1.807, 2.05) is 60.5 Å². The number of amides is 1. The molecular weight excluding hydrogens is 308 g/mol. The fraction of sp³-hybridized carbons (Fsp3) is 0.278. The van der Waals surface area contributed by atoms with E-state index in [2.05, 4.69) is 11.6 Å². The number of thioether (sulfide) groups is 1. The van der Waals surface area contributed by atoms with Gasteiger partial charge in [-0.3, -0.25) is 4.79 Å². The number of benzene rings is 2. The highest BCUT2D eigenvalue weighted by Crippen LogP contribution is 2.18. The molecule has 5 heteroatoms. The average Bonchev–Trinajstić information content (AvgIpc) is 2.56. The molecule has 0 atom stereocenters. The second-order valence-corrected chi connectivity index (χ2v) is 6.14. The molecule has 4 nitrogen and oxygen atoms in total. The smallest absolute Gasteiger partial charge is 0.255 e. The Kier molecular flexibility index (Phi) is 6.50. The van der Waals surface area contributed by atoms with E-state index in [9.17, 15) is 4.79 Å². The second-order valence-electron chi connectivity index (χ2n) is 5.28. The number of hydrogen-bond donors (Lipinski definition) is 2. The standard InChI is InChI=1S/C18H22N2O2S/c1-20(11-12-21)17-9-7-16(8-10-17)19-18(22)15-5-3-14(4-6-15)13-23-2/h3-10,21H,11-13H2,1-2H3,(H,19,22). The summed E-state index contributed by atoms with van der Waals surface area (Å²) < 4.78 is 0. The molecule has 0 fully saturated rings. The van der Waals surface area contributed by atoms with Gasteiger partial charge < -0.3 is 15.3 Å². The second kappa shape index (κ2) is 8.60. The number of rotatable bonds is 7. The van der Waals surface area contributed by atoms with Crippen molar-refractivity contribution in [2.24, 2.45) is 0 Å². The van der Waals surface area contributed by atoms with Crippen LogP contribution in [0, 0.1) is 0 Å². The predicted molar refractivity (Wildman–Crippen MR) is 98.4 cm³/mol. The highest BCUT2D eigenvalue weighted by molar-refractivity contribution is 7.97. The van der Waals surface area contributed by atoms with Crippen LogP contribution < -0.4 is 10.2 Å². The molecule has 2 aromatic rings. The highest BCUT2D eigenvalue weighted by Gasteiger charge is 2.07. The number of carbonyl (C=O) groups excluding carboxylic acids is 1. The van der Waals surface area contributed by atoms with Crippen molar-refractivity contribution in [1.29, 1.82) is 0 Å². The van der Waals surface area contributed by atoms with Crippen molar-refractivity contribution >= 4 is 29.0 Å². The highest BCUT2D eigenvalue weighted by atomic mass is 32.2. The molecule has 0 heterocycles. The average molecular weight is 330 g/mol. The van der Waals surface area contributed by atoms with Crippen LogP contribution >= 0.6 is 11.8 Å². The van der Waals surface area contributed by atoms with Gasteiger partial charge in [0.25, 0.3) is 5.91 Å². The normalized spacial score (nSPS) is 10.4. The lowest BCUT2D eigenvalue weighted by molar-refractivity contribution is 0.102. The number of hydrogen-bond acceptors (Lipinski definition) is 4. The topological polar surface area (TPSA) is 52.6 Å². The summed E-state index contributed by atoms with van der Waals surface area (Å²) in [5.74, 6) is 0.835. The zero-order valence-electron chi connectivity index (χ0n) is 13.5. The van der Waals surface area contributed by atoms with Crippen molar-refractivity contribution in [1.82, 2.24) is 0 Å². The summed E-state index contributed by atoms with van der Waals surface area (Å²) >= 11 is 1.76. The first-order chi connectivity index (χ1) is 11.1. The maximum atomic E-state index is 12.2.